The maximum atomic E-state index is 14.9. The van der Waals surface area contributed by atoms with Crippen LogP contribution in [0.1, 0.15) is 42.1 Å². The van der Waals surface area contributed by atoms with Crippen LogP contribution in [0.3, 0.4) is 0 Å². The van der Waals surface area contributed by atoms with Crippen LogP contribution in [0.15, 0.2) is 66.5 Å². The average molecular weight is 680 g/mol. The number of ether oxygens (including phenoxy) is 1. The molecular weight excluding hydrogens is 645 g/mol. The number of aromatic nitrogens is 2. The second kappa shape index (κ2) is 17.2. The van der Waals surface area contributed by atoms with E-state index in [4.69, 9.17) is 24.8 Å². The molecule has 1 aliphatic heterocycles. The van der Waals surface area contributed by atoms with Crippen molar-refractivity contribution in [1.29, 1.82) is 10.5 Å². The second-order valence-electron chi connectivity index (χ2n) is 11.2. The molecule has 0 bridgehead atoms. The number of anilines is 1. The number of hydrogen-bond donors (Lipinski definition) is 5. The number of carbonyl (C=O) groups excluding carboxylic acids is 1. The molecule has 1 fully saturated rings. The highest BCUT2D eigenvalue weighted by Gasteiger charge is 2.26. The van der Waals surface area contributed by atoms with Gasteiger partial charge in [0.05, 0.1) is 18.4 Å². The predicted octanol–water partition coefficient (Wildman–Crippen LogP) is 4.78. The van der Waals surface area contributed by atoms with E-state index in [0.29, 0.717) is 59.0 Å². The molecular formula is C36H34FN7O6. The largest absolute Gasteiger partial charge is 0.504 e. The number of hydrogen-bond acceptors (Lipinski definition) is 11. The van der Waals surface area contributed by atoms with Gasteiger partial charge in [-0.05, 0) is 72.9 Å². The number of nitriles is 2. The molecule has 1 saturated heterocycles. The van der Waals surface area contributed by atoms with Crippen LogP contribution in [-0.2, 0) is 16.1 Å². The van der Waals surface area contributed by atoms with E-state index in [1.165, 1.54) is 25.3 Å². The molecule has 0 radical (unpaired) electrons. The number of piperidine rings is 1. The number of nitrogens with one attached hydrogen (secondary N) is 2. The van der Waals surface area contributed by atoms with Crippen molar-refractivity contribution in [2.75, 3.05) is 25.1 Å². The Morgan fingerprint density at radius 3 is 2.38 bits per heavy atom. The Morgan fingerprint density at radius 2 is 1.80 bits per heavy atom. The summed E-state index contributed by atoms with van der Waals surface area (Å²) in [7, 11) is 1.45. The number of phenols is 1. The van der Waals surface area contributed by atoms with Crippen molar-refractivity contribution < 1.29 is 34.1 Å². The highest BCUT2D eigenvalue weighted by Crippen LogP contribution is 2.41. The molecule has 3 heterocycles. The Balaban J connectivity index is 0.00000181. The highest BCUT2D eigenvalue weighted by atomic mass is 19.1. The maximum absolute atomic E-state index is 14.9. The number of aromatic hydroxyl groups is 1. The van der Waals surface area contributed by atoms with Gasteiger partial charge >= 0.3 is 0 Å². The van der Waals surface area contributed by atoms with Crippen LogP contribution in [-0.4, -0.2) is 64.0 Å². The van der Waals surface area contributed by atoms with Gasteiger partial charge in [-0.15, -0.1) is 0 Å². The van der Waals surface area contributed by atoms with Gasteiger partial charge in [0.15, 0.2) is 11.5 Å². The number of nitrogens with zero attached hydrogens (tertiary/aromatic N) is 5. The molecule has 256 valence electrons. The van der Waals surface area contributed by atoms with Gasteiger partial charge in [-0.25, -0.2) is 14.9 Å². The minimum absolute atomic E-state index is 0.0927. The number of rotatable bonds is 9. The van der Waals surface area contributed by atoms with Gasteiger partial charge in [0.2, 0.25) is 0 Å². The summed E-state index contributed by atoms with van der Waals surface area (Å²) >= 11 is 0. The fourth-order valence-electron chi connectivity index (χ4n) is 5.54. The summed E-state index contributed by atoms with van der Waals surface area (Å²) in [6, 6.07) is 17.1. The molecule has 5 rings (SSSR count). The molecule has 0 saturated carbocycles. The fraction of sp³-hybridized carbons (Fsp3) is 0.222. The van der Waals surface area contributed by atoms with Crippen molar-refractivity contribution >= 4 is 24.3 Å². The molecule has 2 aromatic heterocycles. The zero-order valence-electron chi connectivity index (χ0n) is 27.2. The van der Waals surface area contributed by atoms with E-state index in [9.17, 15) is 24.8 Å². The molecule has 50 heavy (non-hydrogen) atoms. The zero-order valence-corrected chi connectivity index (χ0v) is 27.2. The number of halogens is 1. The first kappa shape index (κ1) is 36.5. The summed E-state index contributed by atoms with van der Waals surface area (Å²) in [6.07, 6.45) is 6.50. The number of pyridine rings is 2. The lowest BCUT2D eigenvalue weighted by Crippen LogP contribution is -2.42. The van der Waals surface area contributed by atoms with Crippen LogP contribution < -0.4 is 20.4 Å². The summed E-state index contributed by atoms with van der Waals surface area (Å²) in [6.45, 7) is 3.17. The second-order valence-corrected chi connectivity index (χ2v) is 11.2. The van der Waals surface area contributed by atoms with Gasteiger partial charge in [0, 0.05) is 54.8 Å². The predicted molar refractivity (Wildman–Crippen MR) is 181 cm³/mol. The van der Waals surface area contributed by atoms with Crippen LogP contribution in [0.5, 0.6) is 11.5 Å². The van der Waals surface area contributed by atoms with E-state index in [1.54, 1.807) is 55.1 Å². The number of methoxy groups -OCH3 is 1. The smallest absolute Gasteiger partial charge is 0.290 e. The first-order chi connectivity index (χ1) is 24.2. The molecule has 0 aliphatic carbocycles. The van der Waals surface area contributed by atoms with Crippen LogP contribution in [0, 0.1) is 28.5 Å². The van der Waals surface area contributed by atoms with Crippen molar-refractivity contribution in [1.82, 2.24) is 20.8 Å². The Morgan fingerprint density at radius 1 is 1.08 bits per heavy atom. The third-order valence-electron chi connectivity index (χ3n) is 8.10. The normalized spacial score (nSPS) is 12.9. The third-order valence-corrected chi connectivity index (χ3v) is 8.10. The quantitative estimate of drug-likeness (QED) is 0.0702. The van der Waals surface area contributed by atoms with Crippen molar-refractivity contribution in [2.45, 2.75) is 32.4 Å². The molecule has 14 heteroatoms. The monoisotopic (exact) mass is 679 g/mol. The molecule has 2 aromatic carbocycles. The summed E-state index contributed by atoms with van der Waals surface area (Å²) in [4.78, 5) is 31.0. The van der Waals surface area contributed by atoms with Crippen LogP contribution >= 0.6 is 0 Å². The van der Waals surface area contributed by atoms with Gasteiger partial charge in [-0.3, -0.25) is 19.8 Å². The molecule has 0 spiro atoms. The van der Waals surface area contributed by atoms with Crippen molar-refractivity contribution in [3.8, 4) is 45.9 Å². The van der Waals surface area contributed by atoms with E-state index >= 15 is 0 Å². The Bertz CT molecular complexity index is 1960. The van der Waals surface area contributed by atoms with E-state index in [1.807, 2.05) is 17.0 Å². The molecule has 13 nitrogen and oxygen atoms in total. The Kier molecular flexibility index (Phi) is 12.5. The first-order valence-electron chi connectivity index (χ1n) is 15.3. The van der Waals surface area contributed by atoms with Crippen molar-refractivity contribution in [3.05, 3.63) is 94.7 Å². The minimum Gasteiger partial charge on any atom is -0.504 e. The lowest BCUT2D eigenvalue weighted by atomic mass is 9.91. The van der Waals surface area contributed by atoms with Gasteiger partial charge in [0.1, 0.15) is 29.3 Å². The number of hydroxylamine groups is 1. The van der Waals surface area contributed by atoms with E-state index < -0.39 is 11.7 Å². The fourth-order valence-corrected chi connectivity index (χ4v) is 5.54. The van der Waals surface area contributed by atoms with Gasteiger partial charge in [-0.2, -0.15) is 10.5 Å². The van der Waals surface area contributed by atoms with Gasteiger partial charge < -0.3 is 25.2 Å². The number of phenolic OH excluding ortho intramolecular Hbond substituents is 1. The SMILES string of the molecule is COc1ccc(-c2cnc(N3CCC(NCc4ccc(/C=C(\C)C(=O)NO)nc4)CC3)c(C#N)c2-c2ccc(C#N)c(F)c2)cc1O.O=CO. The molecule has 1 amide bonds. The van der Waals surface area contributed by atoms with E-state index in [0.717, 1.165) is 18.4 Å². The van der Waals surface area contributed by atoms with E-state index in [-0.39, 0.29) is 35.1 Å². The first-order valence-corrected chi connectivity index (χ1v) is 15.3. The standard InChI is InChI=1S/C35H32FN7O4.CH2O2/c1-21(35(45)42-46)13-27-7-3-22(19-40-27)18-39-26-9-11-43(12-10-26)34-28(17-38)33(24-4-5-25(16-37)30(36)14-24)29(20-41-34)23-6-8-32(47-2)31(44)15-23;2-1-3/h3-8,13-15,19-20,26,39,44,46H,9-12,18H2,1-2H3,(H,42,45);1H,(H,2,3)/b21-13+;. The molecule has 4 aromatic rings. The van der Waals surface area contributed by atoms with E-state index in [2.05, 4.69) is 16.4 Å². The summed E-state index contributed by atoms with van der Waals surface area (Å²) in [5.74, 6) is -0.622. The molecule has 1 aliphatic rings. The number of benzene rings is 2. The number of amides is 1. The van der Waals surface area contributed by atoms with Crippen LogP contribution in [0.2, 0.25) is 0 Å². The zero-order chi connectivity index (χ0) is 36.2. The maximum Gasteiger partial charge on any atom is 0.290 e. The van der Waals surface area contributed by atoms with Crippen molar-refractivity contribution in [3.63, 3.8) is 0 Å². The van der Waals surface area contributed by atoms with Crippen molar-refractivity contribution in [2.24, 2.45) is 0 Å². The topological polar surface area (TPSA) is 205 Å². The molecule has 0 atom stereocenters. The Labute approximate surface area is 287 Å². The Hall–Kier alpha value is -6.35. The lowest BCUT2D eigenvalue weighted by Gasteiger charge is -2.34. The number of carbonyl (C=O) groups is 2. The third kappa shape index (κ3) is 8.56. The molecule has 5 N–H and O–H groups in total. The summed E-state index contributed by atoms with van der Waals surface area (Å²) < 4.78 is 20.0. The van der Waals surface area contributed by atoms with Gasteiger partial charge in [0.25, 0.3) is 12.4 Å². The highest BCUT2D eigenvalue weighted by molar-refractivity contribution is 5.96. The van der Waals surface area contributed by atoms with Crippen LogP contribution in [0.25, 0.3) is 28.3 Å². The minimum atomic E-state index is -0.701. The lowest BCUT2D eigenvalue weighted by molar-refractivity contribution is -0.125. The summed E-state index contributed by atoms with van der Waals surface area (Å²) in [5, 5.41) is 49.4. The summed E-state index contributed by atoms with van der Waals surface area (Å²) in [5.41, 5.74) is 5.60. The number of carboxylic acid groups (broad SMARTS) is 1. The van der Waals surface area contributed by atoms with Crippen LogP contribution in [0.4, 0.5) is 10.2 Å². The van der Waals surface area contributed by atoms with Gasteiger partial charge in [-0.1, -0.05) is 18.2 Å². The molecule has 0 unspecified atom stereocenters. The average Bonchev–Trinajstić information content (AvgIpc) is 3.14.